The summed E-state index contributed by atoms with van der Waals surface area (Å²) in [6.07, 6.45) is 4.45. The number of carboxylic acid groups (broad SMARTS) is 1. The third kappa shape index (κ3) is 3.19. The summed E-state index contributed by atoms with van der Waals surface area (Å²) in [7, 11) is 0. The van der Waals surface area contributed by atoms with Crippen molar-refractivity contribution in [2.24, 2.45) is 0 Å². The quantitative estimate of drug-likeness (QED) is 0.572. The van der Waals surface area contributed by atoms with E-state index in [0.717, 1.165) is 57.4 Å². The molecule has 160 valence electrons. The minimum Gasteiger partial charge on any atom is -0.465 e. The molecule has 1 fully saturated rings. The Kier molecular flexibility index (Phi) is 4.57. The molecule has 1 atom stereocenters. The molecular formula is C23H25N5O3. The number of aromatic nitrogens is 2. The van der Waals surface area contributed by atoms with Crippen LogP contribution in [0, 0.1) is 6.92 Å². The lowest BCUT2D eigenvalue weighted by molar-refractivity contribution is 0.140. The molecule has 2 aromatic heterocycles. The Labute approximate surface area is 179 Å². The number of aromatic amines is 1. The van der Waals surface area contributed by atoms with E-state index in [9.17, 15) is 14.7 Å². The van der Waals surface area contributed by atoms with Crippen LogP contribution in [-0.2, 0) is 6.54 Å². The minimum atomic E-state index is -0.903. The van der Waals surface area contributed by atoms with Crippen molar-refractivity contribution in [1.82, 2.24) is 19.8 Å². The standard InChI is InChI=1S/C23H25N5O3/c1-3-27-12-18-17(20-5-4-6-28(20)23(30)31)7-14(9-19(18)26-22(27)29)15-8-16-13(2)10-24-21(16)25-11-15/h7-11,20H,3-6,12H2,1-2H3,(H,24,25)(H,26,29)(H,30,31)/t20-/m0/s1. The Balaban J connectivity index is 1.68. The van der Waals surface area contributed by atoms with Gasteiger partial charge in [0, 0.05) is 54.2 Å². The second-order valence-electron chi connectivity index (χ2n) is 8.26. The molecule has 0 spiro atoms. The van der Waals surface area contributed by atoms with Crippen LogP contribution in [0.1, 0.15) is 42.5 Å². The van der Waals surface area contributed by atoms with Crippen molar-refractivity contribution in [3.05, 3.63) is 47.3 Å². The Morgan fingerprint density at radius 3 is 2.90 bits per heavy atom. The van der Waals surface area contributed by atoms with Gasteiger partial charge in [-0.1, -0.05) is 0 Å². The number of urea groups is 1. The lowest BCUT2D eigenvalue weighted by Crippen LogP contribution is -2.39. The maximum absolute atomic E-state index is 12.5. The van der Waals surface area contributed by atoms with Gasteiger partial charge in [-0.25, -0.2) is 14.6 Å². The molecule has 3 aromatic rings. The SMILES string of the molecule is CCN1Cc2c(cc(-c3cnc4[nH]cc(C)c4c3)cc2[C@@H]2CCCN2C(=O)O)NC1=O. The van der Waals surface area contributed by atoms with Gasteiger partial charge in [0.25, 0.3) is 0 Å². The fraction of sp³-hybridized carbons (Fsp3) is 0.348. The monoisotopic (exact) mass is 419 g/mol. The number of amides is 3. The van der Waals surface area contributed by atoms with E-state index in [0.29, 0.717) is 19.6 Å². The molecule has 0 unspecified atom stereocenters. The van der Waals surface area contributed by atoms with Gasteiger partial charge in [-0.3, -0.25) is 0 Å². The first-order valence-electron chi connectivity index (χ1n) is 10.6. The molecule has 4 heterocycles. The Bertz CT molecular complexity index is 1200. The highest BCUT2D eigenvalue weighted by atomic mass is 16.4. The van der Waals surface area contributed by atoms with Crippen molar-refractivity contribution in [2.75, 3.05) is 18.4 Å². The van der Waals surface area contributed by atoms with Gasteiger partial charge in [0.1, 0.15) is 5.65 Å². The number of nitrogens with zero attached hydrogens (tertiary/aromatic N) is 3. The van der Waals surface area contributed by atoms with Crippen molar-refractivity contribution in [1.29, 1.82) is 0 Å². The number of pyridine rings is 1. The van der Waals surface area contributed by atoms with Gasteiger partial charge < -0.3 is 25.2 Å². The number of rotatable bonds is 3. The van der Waals surface area contributed by atoms with Crippen molar-refractivity contribution in [3.63, 3.8) is 0 Å². The van der Waals surface area contributed by atoms with E-state index in [-0.39, 0.29) is 12.1 Å². The van der Waals surface area contributed by atoms with Crippen LogP contribution in [0.5, 0.6) is 0 Å². The van der Waals surface area contributed by atoms with Gasteiger partial charge in [0.05, 0.1) is 6.04 Å². The summed E-state index contributed by atoms with van der Waals surface area (Å²) in [6.45, 7) is 5.57. The first-order valence-corrected chi connectivity index (χ1v) is 10.6. The lowest BCUT2D eigenvalue weighted by Gasteiger charge is -2.33. The molecule has 31 heavy (non-hydrogen) atoms. The molecule has 8 heteroatoms. The summed E-state index contributed by atoms with van der Waals surface area (Å²) >= 11 is 0. The average molecular weight is 419 g/mol. The molecule has 2 aliphatic heterocycles. The molecular weight excluding hydrogens is 394 g/mol. The number of anilines is 1. The minimum absolute atomic E-state index is 0.130. The highest BCUT2D eigenvalue weighted by Crippen LogP contribution is 2.41. The van der Waals surface area contributed by atoms with Gasteiger partial charge in [0.15, 0.2) is 0 Å². The van der Waals surface area contributed by atoms with E-state index < -0.39 is 6.09 Å². The van der Waals surface area contributed by atoms with Gasteiger partial charge in [-0.2, -0.15) is 0 Å². The van der Waals surface area contributed by atoms with Crippen LogP contribution < -0.4 is 5.32 Å². The van der Waals surface area contributed by atoms with Crippen LogP contribution in [0.2, 0.25) is 0 Å². The third-order valence-corrected chi connectivity index (χ3v) is 6.47. The van der Waals surface area contributed by atoms with Crippen molar-refractivity contribution >= 4 is 28.8 Å². The van der Waals surface area contributed by atoms with Crippen LogP contribution >= 0.6 is 0 Å². The number of fused-ring (bicyclic) bond motifs is 2. The van der Waals surface area contributed by atoms with Gasteiger partial charge in [0.2, 0.25) is 0 Å². The number of benzene rings is 1. The summed E-state index contributed by atoms with van der Waals surface area (Å²) in [6, 6.07) is 5.81. The smallest absolute Gasteiger partial charge is 0.407 e. The lowest BCUT2D eigenvalue weighted by atomic mass is 9.91. The second-order valence-corrected chi connectivity index (χ2v) is 8.26. The van der Waals surface area contributed by atoms with Crippen molar-refractivity contribution < 1.29 is 14.7 Å². The summed E-state index contributed by atoms with van der Waals surface area (Å²) < 4.78 is 0. The Morgan fingerprint density at radius 2 is 2.13 bits per heavy atom. The van der Waals surface area contributed by atoms with Crippen LogP contribution in [0.3, 0.4) is 0 Å². The van der Waals surface area contributed by atoms with E-state index in [1.807, 2.05) is 32.3 Å². The number of hydrogen-bond donors (Lipinski definition) is 3. The first kappa shape index (κ1) is 19.4. The van der Waals surface area contributed by atoms with Crippen molar-refractivity contribution in [3.8, 4) is 11.1 Å². The van der Waals surface area contributed by atoms with E-state index in [1.54, 1.807) is 4.90 Å². The maximum Gasteiger partial charge on any atom is 0.407 e. The van der Waals surface area contributed by atoms with Gasteiger partial charge in [-0.15, -0.1) is 0 Å². The summed E-state index contributed by atoms with van der Waals surface area (Å²) in [5, 5.41) is 13.8. The Hall–Kier alpha value is -3.55. The van der Waals surface area contributed by atoms with Crippen LogP contribution in [-0.4, -0.2) is 50.1 Å². The summed E-state index contributed by atoms with van der Waals surface area (Å²) in [4.78, 5) is 35.4. The largest absolute Gasteiger partial charge is 0.465 e. The highest BCUT2D eigenvalue weighted by Gasteiger charge is 2.34. The fourth-order valence-electron chi connectivity index (χ4n) is 4.77. The Morgan fingerprint density at radius 1 is 1.29 bits per heavy atom. The van der Waals surface area contributed by atoms with Crippen molar-refractivity contribution in [2.45, 2.75) is 39.3 Å². The molecule has 8 nitrogen and oxygen atoms in total. The maximum atomic E-state index is 12.5. The topological polar surface area (TPSA) is 102 Å². The molecule has 0 bridgehead atoms. The van der Waals surface area contributed by atoms with Gasteiger partial charge >= 0.3 is 12.1 Å². The van der Waals surface area contributed by atoms with Crippen LogP contribution in [0.4, 0.5) is 15.3 Å². The van der Waals surface area contributed by atoms with E-state index in [4.69, 9.17) is 0 Å². The summed E-state index contributed by atoms with van der Waals surface area (Å²) in [5.74, 6) is 0. The zero-order valence-electron chi connectivity index (χ0n) is 17.6. The molecule has 1 aromatic carbocycles. The number of H-pyrrole nitrogens is 1. The number of carbonyl (C=O) groups excluding carboxylic acids is 1. The zero-order valence-corrected chi connectivity index (χ0v) is 17.6. The number of aryl methyl sites for hydroxylation is 1. The molecule has 5 rings (SSSR count). The van der Waals surface area contributed by atoms with Crippen LogP contribution in [0.15, 0.2) is 30.6 Å². The fourth-order valence-corrected chi connectivity index (χ4v) is 4.77. The molecule has 2 aliphatic rings. The van der Waals surface area contributed by atoms with E-state index in [1.165, 1.54) is 4.90 Å². The molecule has 1 saturated heterocycles. The number of likely N-dealkylation sites (tertiary alicyclic amines) is 1. The molecule has 3 amide bonds. The van der Waals surface area contributed by atoms with E-state index >= 15 is 0 Å². The summed E-state index contributed by atoms with van der Waals surface area (Å²) in [5.41, 5.74) is 6.52. The first-order chi connectivity index (χ1) is 15.0. The average Bonchev–Trinajstić information content (AvgIpc) is 3.39. The molecule has 3 N–H and O–H groups in total. The predicted molar refractivity (Wildman–Crippen MR) is 118 cm³/mol. The third-order valence-electron chi connectivity index (χ3n) is 6.47. The highest BCUT2D eigenvalue weighted by molar-refractivity contribution is 5.94. The molecule has 0 radical (unpaired) electrons. The molecule has 0 aliphatic carbocycles. The number of nitrogens with one attached hydrogen (secondary N) is 2. The van der Waals surface area contributed by atoms with Crippen LogP contribution in [0.25, 0.3) is 22.2 Å². The zero-order chi connectivity index (χ0) is 21.7. The van der Waals surface area contributed by atoms with Gasteiger partial charge in [-0.05, 0) is 61.6 Å². The van der Waals surface area contributed by atoms with E-state index in [2.05, 4.69) is 27.4 Å². The normalized spacial score (nSPS) is 18.4. The number of carbonyl (C=O) groups is 2. The predicted octanol–water partition coefficient (Wildman–Crippen LogP) is 4.72. The molecule has 0 saturated carbocycles. The number of hydrogen-bond acceptors (Lipinski definition) is 3. The second kappa shape index (κ2) is 7.30.